The smallest absolute Gasteiger partial charge is 0.341 e. The zero-order valence-corrected chi connectivity index (χ0v) is 14.4. The zero-order valence-electron chi connectivity index (χ0n) is 13.6. The van der Waals surface area contributed by atoms with Gasteiger partial charge in [0.2, 0.25) is 5.91 Å². The number of aliphatic carboxylic acids is 1. The zero-order chi connectivity index (χ0) is 17.5. The molecule has 0 aliphatic carbocycles. The van der Waals surface area contributed by atoms with Gasteiger partial charge in [-0.1, -0.05) is 26.0 Å². The minimum absolute atomic E-state index is 0.00917. The van der Waals surface area contributed by atoms with E-state index in [2.05, 4.69) is 10.3 Å². The minimum atomic E-state index is -1.03. The fraction of sp³-hybridized carbons (Fsp3) is 0.353. The Bertz CT molecular complexity index is 710. The van der Waals surface area contributed by atoms with E-state index in [1.807, 2.05) is 25.3 Å². The predicted octanol–water partition coefficient (Wildman–Crippen LogP) is 3.65. The number of hydrogen-bond acceptors (Lipinski definition) is 5. The van der Waals surface area contributed by atoms with E-state index in [0.29, 0.717) is 16.6 Å². The number of carboxylic acid groups (broad SMARTS) is 1. The molecule has 128 valence electrons. The molecular weight excluding hydrogens is 328 g/mol. The van der Waals surface area contributed by atoms with E-state index in [9.17, 15) is 9.59 Å². The van der Waals surface area contributed by atoms with Crippen LogP contribution in [0.3, 0.4) is 0 Å². The summed E-state index contributed by atoms with van der Waals surface area (Å²) in [4.78, 5) is 27.1. The normalized spacial score (nSPS) is 10.6. The Balaban J connectivity index is 2.08. The van der Waals surface area contributed by atoms with E-state index in [-0.39, 0.29) is 11.8 Å². The van der Waals surface area contributed by atoms with Crippen LogP contribution in [-0.4, -0.2) is 28.6 Å². The maximum Gasteiger partial charge on any atom is 0.341 e. The summed E-state index contributed by atoms with van der Waals surface area (Å²) >= 11 is 1.36. The Hall–Kier alpha value is -2.41. The van der Waals surface area contributed by atoms with E-state index in [4.69, 9.17) is 9.84 Å². The monoisotopic (exact) mass is 348 g/mol. The number of hydrogen-bond donors (Lipinski definition) is 2. The first-order valence-corrected chi connectivity index (χ1v) is 8.62. The maximum absolute atomic E-state index is 12.1. The maximum atomic E-state index is 12.1. The van der Waals surface area contributed by atoms with Gasteiger partial charge in [-0.2, -0.15) is 0 Å². The molecule has 0 atom stereocenters. The first-order valence-electron chi connectivity index (χ1n) is 7.74. The molecule has 0 saturated carbocycles. The van der Waals surface area contributed by atoms with Crippen LogP contribution in [0.25, 0.3) is 11.3 Å². The lowest BCUT2D eigenvalue weighted by atomic mass is 10.0. The number of carboxylic acids is 1. The van der Waals surface area contributed by atoms with Crippen LogP contribution in [0.15, 0.2) is 29.6 Å². The lowest BCUT2D eigenvalue weighted by Crippen LogP contribution is -2.21. The number of thiazole rings is 1. The minimum Gasteiger partial charge on any atom is -0.482 e. The van der Waals surface area contributed by atoms with Crippen LogP contribution in [0, 0.1) is 5.92 Å². The molecule has 0 saturated heterocycles. The summed E-state index contributed by atoms with van der Waals surface area (Å²) in [5.41, 5.74) is 1.51. The molecule has 1 aromatic carbocycles. The third-order valence-electron chi connectivity index (χ3n) is 3.58. The number of carbonyl (C=O) groups is 2. The molecule has 0 radical (unpaired) electrons. The van der Waals surface area contributed by atoms with Gasteiger partial charge in [0.15, 0.2) is 11.7 Å². The van der Waals surface area contributed by atoms with E-state index in [1.54, 1.807) is 18.2 Å². The molecule has 1 aromatic heterocycles. The number of carbonyl (C=O) groups excluding carboxylic acids is 1. The van der Waals surface area contributed by atoms with Crippen LogP contribution >= 0.6 is 11.3 Å². The second-order valence-electron chi connectivity index (χ2n) is 5.25. The molecule has 1 amide bonds. The second kappa shape index (κ2) is 8.44. The Morgan fingerprint density at radius 1 is 1.33 bits per heavy atom. The van der Waals surface area contributed by atoms with Crippen molar-refractivity contribution in [1.82, 2.24) is 4.98 Å². The standard InChI is InChI=1S/C17H20N2O4S/c1-3-11(4-2)16(22)19-17-18-14(10-24-17)12-6-5-7-13(8-12)23-9-15(20)21/h5-8,10-11H,3-4,9H2,1-2H3,(H,20,21)(H,18,19,22). The van der Waals surface area contributed by atoms with E-state index in [0.717, 1.165) is 18.4 Å². The van der Waals surface area contributed by atoms with Gasteiger partial charge in [-0.05, 0) is 25.0 Å². The van der Waals surface area contributed by atoms with Gasteiger partial charge in [0.25, 0.3) is 0 Å². The van der Waals surface area contributed by atoms with Gasteiger partial charge in [0, 0.05) is 16.9 Å². The third kappa shape index (κ3) is 4.79. The predicted molar refractivity (Wildman–Crippen MR) is 93.4 cm³/mol. The molecule has 2 aromatic rings. The molecule has 1 heterocycles. The number of ether oxygens (including phenoxy) is 1. The van der Waals surface area contributed by atoms with Crippen LogP contribution in [0.2, 0.25) is 0 Å². The second-order valence-corrected chi connectivity index (χ2v) is 6.11. The van der Waals surface area contributed by atoms with Gasteiger partial charge in [-0.25, -0.2) is 9.78 Å². The van der Waals surface area contributed by atoms with Crippen molar-refractivity contribution in [2.45, 2.75) is 26.7 Å². The first kappa shape index (κ1) is 17.9. The number of anilines is 1. The van der Waals surface area contributed by atoms with Crippen molar-refractivity contribution < 1.29 is 19.4 Å². The molecule has 0 unspecified atom stereocenters. The number of rotatable bonds is 8. The molecule has 0 aliphatic heterocycles. The summed E-state index contributed by atoms with van der Waals surface area (Å²) < 4.78 is 5.17. The van der Waals surface area contributed by atoms with Crippen LogP contribution in [0.4, 0.5) is 5.13 Å². The highest BCUT2D eigenvalue weighted by molar-refractivity contribution is 7.14. The van der Waals surface area contributed by atoms with Gasteiger partial charge in [0.1, 0.15) is 5.75 Å². The van der Waals surface area contributed by atoms with Crippen molar-refractivity contribution in [1.29, 1.82) is 0 Å². The fourth-order valence-electron chi connectivity index (χ4n) is 2.22. The van der Waals surface area contributed by atoms with Crippen LogP contribution < -0.4 is 10.1 Å². The van der Waals surface area contributed by atoms with Crippen molar-refractivity contribution in [3.8, 4) is 17.0 Å². The highest BCUT2D eigenvalue weighted by Crippen LogP contribution is 2.28. The van der Waals surface area contributed by atoms with Crippen molar-refractivity contribution in [3.63, 3.8) is 0 Å². The largest absolute Gasteiger partial charge is 0.482 e. The average molecular weight is 348 g/mol. The molecule has 0 spiro atoms. The van der Waals surface area contributed by atoms with Crippen LogP contribution in [0.5, 0.6) is 5.75 Å². The molecule has 2 N–H and O–H groups in total. The SMILES string of the molecule is CCC(CC)C(=O)Nc1nc(-c2cccc(OCC(=O)O)c2)cs1. The average Bonchev–Trinajstić information content (AvgIpc) is 3.03. The van der Waals surface area contributed by atoms with Gasteiger partial charge in [0.05, 0.1) is 5.69 Å². The highest BCUT2D eigenvalue weighted by atomic mass is 32.1. The summed E-state index contributed by atoms with van der Waals surface area (Å²) in [7, 11) is 0. The number of nitrogens with one attached hydrogen (secondary N) is 1. The number of nitrogens with zero attached hydrogens (tertiary/aromatic N) is 1. The summed E-state index contributed by atoms with van der Waals surface area (Å²) in [6.07, 6.45) is 1.59. The van der Waals surface area contributed by atoms with E-state index < -0.39 is 12.6 Å². The molecule has 7 heteroatoms. The van der Waals surface area contributed by atoms with Crippen molar-refractivity contribution in [3.05, 3.63) is 29.6 Å². The molecule has 0 aliphatic rings. The molecule has 0 fully saturated rings. The molecule has 0 bridgehead atoms. The van der Waals surface area contributed by atoms with Gasteiger partial charge < -0.3 is 15.2 Å². The number of benzene rings is 1. The summed E-state index contributed by atoms with van der Waals surface area (Å²) in [5.74, 6) is -0.587. The highest BCUT2D eigenvalue weighted by Gasteiger charge is 2.16. The van der Waals surface area contributed by atoms with Gasteiger partial charge >= 0.3 is 5.97 Å². The lowest BCUT2D eigenvalue weighted by Gasteiger charge is -2.10. The Morgan fingerprint density at radius 3 is 2.75 bits per heavy atom. The topological polar surface area (TPSA) is 88.5 Å². The quantitative estimate of drug-likeness (QED) is 0.760. The van der Waals surface area contributed by atoms with Gasteiger partial charge in [-0.15, -0.1) is 11.3 Å². The van der Waals surface area contributed by atoms with Crippen LogP contribution in [0.1, 0.15) is 26.7 Å². The van der Waals surface area contributed by atoms with E-state index >= 15 is 0 Å². The number of aromatic nitrogens is 1. The Kier molecular flexibility index (Phi) is 6.31. The fourth-order valence-corrected chi connectivity index (χ4v) is 2.94. The molecule has 24 heavy (non-hydrogen) atoms. The third-order valence-corrected chi connectivity index (χ3v) is 4.34. The first-order chi connectivity index (χ1) is 11.5. The Labute approximate surface area is 144 Å². The Morgan fingerprint density at radius 2 is 2.08 bits per heavy atom. The van der Waals surface area contributed by atoms with Crippen molar-refractivity contribution in [2.24, 2.45) is 5.92 Å². The number of amides is 1. The molecule has 6 nitrogen and oxygen atoms in total. The van der Waals surface area contributed by atoms with Crippen molar-refractivity contribution >= 4 is 28.3 Å². The lowest BCUT2D eigenvalue weighted by molar-refractivity contribution is -0.139. The molecule has 2 rings (SSSR count). The molecular formula is C17H20N2O4S. The van der Waals surface area contributed by atoms with Crippen molar-refractivity contribution in [2.75, 3.05) is 11.9 Å². The van der Waals surface area contributed by atoms with Crippen LogP contribution in [-0.2, 0) is 9.59 Å². The van der Waals surface area contributed by atoms with Gasteiger partial charge in [-0.3, -0.25) is 4.79 Å². The summed E-state index contributed by atoms with van der Waals surface area (Å²) in [5, 5.41) is 13.9. The summed E-state index contributed by atoms with van der Waals surface area (Å²) in [6, 6.07) is 7.04. The van der Waals surface area contributed by atoms with E-state index in [1.165, 1.54) is 11.3 Å². The summed E-state index contributed by atoms with van der Waals surface area (Å²) in [6.45, 7) is 3.59.